The lowest BCUT2D eigenvalue weighted by atomic mass is 10.0. The lowest BCUT2D eigenvalue weighted by Crippen LogP contribution is -2.26. The van der Waals surface area contributed by atoms with Crippen molar-refractivity contribution < 1.29 is 9.53 Å². The highest BCUT2D eigenvalue weighted by Crippen LogP contribution is 2.28. The Morgan fingerprint density at radius 1 is 1.19 bits per heavy atom. The highest BCUT2D eigenvalue weighted by atomic mass is 16.5. The summed E-state index contributed by atoms with van der Waals surface area (Å²) in [5.41, 5.74) is 0.638. The minimum atomic E-state index is -0.0594. The summed E-state index contributed by atoms with van der Waals surface area (Å²) in [6.45, 7) is 7.46. The Morgan fingerprint density at radius 3 is 2.67 bits per heavy atom. The number of nitrogens with one attached hydrogen (secondary N) is 1. The van der Waals surface area contributed by atoms with E-state index in [-0.39, 0.29) is 5.91 Å². The van der Waals surface area contributed by atoms with Gasteiger partial charge in [-0.3, -0.25) is 4.79 Å². The highest BCUT2D eigenvalue weighted by molar-refractivity contribution is 6.09. The molecule has 2 aromatic rings. The van der Waals surface area contributed by atoms with Crippen LogP contribution in [0.15, 0.2) is 36.4 Å². The number of hydrogen-bond donors (Lipinski definition) is 1. The molecule has 0 heterocycles. The topological polar surface area (TPSA) is 38.3 Å². The molecule has 0 saturated heterocycles. The van der Waals surface area contributed by atoms with Crippen molar-refractivity contribution in [2.24, 2.45) is 5.92 Å². The number of carbonyl (C=O) groups excluding carboxylic acids is 1. The van der Waals surface area contributed by atoms with Crippen LogP contribution in [-0.4, -0.2) is 19.1 Å². The quantitative estimate of drug-likeness (QED) is 0.870. The van der Waals surface area contributed by atoms with Crippen LogP contribution in [0.4, 0.5) is 0 Å². The second-order valence-corrected chi connectivity index (χ2v) is 5.53. The molecule has 21 heavy (non-hydrogen) atoms. The van der Waals surface area contributed by atoms with Crippen LogP contribution in [-0.2, 0) is 0 Å². The SMILES string of the molecule is CCOc1ccc2ccccc2c1C(=O)NCCC(C)C. The van der Waals surface area contributed by atoms with E-state index in [4.69, 9.17) is 4.74 Å². The summed E-state index contributed by atoms with van der Waals surface area (Å²) in [4.78, 5) is 12.5. The number of fused-ring (bicyclic) bond motifs is 1. The molecule has 0 saturated carbocycles. The third kappa shape index (κ3) is 3.75. The number of benzene rings is 2. The number of ether oxygens (including phenoxy) is 1. The van der Waals surface area contributed by atoms with Crippen molar-refractivity contribution in [2.45, 2.75) is 27.2 Å². The maximum absolute atomic E-state index is 12.5. The first-order valence-corrected chi connectivity index (χ1v) is 7.56. The van der Waals surface area contributed by atoms with E-state index in [1.54, 1.807) is 0 Å². The molecule has 0 aliphatic heterocycles. The van der Waals surface area contributed by atoms with Crippen LogP contribution in [0, 0.1) is 5.92 Å². The average molecular weight is 285 g/mol. The summed E-state index contributed by atoms with van der Waals surface area (Å²) in [5.74, 6) is 1.17. The fourth-order valence-electron chi connectivity index (χ4n) is 2.32. The van der Waals surface area contributed by atoms with Gasteiger partial charge in [0.15, 0.2) is 0 Å². The smallest absolute Gasteiger partial charge is 0.255 e. The van der Waals surface area contributed by atoms with Gasteiger partial charge in [-0.05, 0) is 36.1 Å². The first-order valence-electron chi connectivity index (χ1n) is 7.56. The van der Waals surface area contributed by atoms with Crippen molar-refractivity contribution >= 4 is 16.7 Å². The van der Waals surface area contributed by atoms with Gasteiger partial charge in [0.25, 0.3) is 5.91 Å². The van der Waals surface area contributed by atoms with Gasteiger partial charge in [-0.15, -0.1) is 0 Å². The van der Waals surface area contributed by atoms with Crippen LogP contribution in [0.3, 0.4) is 0 Å². The Balaban J connectivity index is 2.34. The largest absolute Gasteiger partial charge is 0.493 e. The van der Waals surface area contributed by atoms with Crippen molar-refractivity contribution in [3.8, 4) is 5.75 Å². The van der Waals surface area contributed by atoms with Crippen LogP contribution in [0.2, 0.25) is 0 Å². The zero-order valence-electron chi connectivity index (χ0n) is 13.0. The van der Waals surface area contributed by atoms with Gasteiger partial charge in [0, 0.05) is 6.54 Å². The minimum Gasteiger partial charge on any atom is -0.493 e. The third-order valence-electron chi connectivity index (χ3n) is 3.42. The minimum absolute atomic E-state index is 0.0594. The monoisotopic (exact) mass is 285 g/mol. The van der Waals surface area contributed by atoms with Crippen LogP contribution in [0.1, 0.15) is 37.6 Å². The van der Waals surface area contributed by atoms with Gasteiger partial charge in [0.2, 0.25) is 0 Å². The molecular weight excluding hydrogens is 262 g/mol. The van der Waals surface area contributed by atoms with Crippen LogP contribution >= 0.6 is 0 Å². The Labute approximate surface area is 126 Å². The summed E-state index contributed by atoms with van der Waals surface area (Å²) >= 11 is 0. The predicted octanol–water partition coefficient (Wildman–Crippen LogP) is 4.01. The zero-order valence-corrected chi connectivity index (χ0v) is 13.0. The normalized spacial score (nSPS) is 10.9. The number of amides is 1. The molecule has 0 aromatic heterocycles. The van der Waals surface area contributed by atoms with Gasteiger partial charge >= 0.3 is 0 Å². The van der Waals surface area contributed by atoms with Gasteiger partial charge < -0.3 is 10.1 Å². The molecule has 112 valence electrons. The molecule has 0 aliphatic rings. The molecule has 1 N–H and O–H groups in total. The fourth-order valence-corrected chi connectivity index (χ4v) is 2.32. The number of carbonyl (C=O) groups is 1. The Morgan fingerprint density at radius 2 is 1.95 bits per heavy atom. The number of hydrogen-bond acceptors (Lipinski definition) is 2. The molecule has 3 nitrogen and oxygen atoms in total. The maximum Gasteiger partial charge on any atom is 0.255 e. The molecule has 0 atom stereocenters. The summed E-state index contributed by atoms with van der Waals surface area (Å²) in [5, 5.41) is 4.99. The zero-order chi connectivity index (χ0) is 15.2. The Kier molecular flexibility index (Phi) is 5.20. The third-order valence-corrected chi connectivity index (χ3v) is 3.42. The molecule has 2 aromatic carbocycles. The van der Waals surface area contributed by atoms with Gasteiger partial charge in [0.05, 0.1) is 12.2 Å². The van der Waals surface area contributed by atoms with E-state index in [9.17, 15) is 4.79 Å². The summed E-state index contributed by atoms with van der Waals surface area (Å²) in [6, 6.07) is 11.8. The molecule has 2 rings (SSSR count). The summed E-state index contributed by atoms with van der Waals surface area (Å²) in [7, 11) is 0. The molecule has 0 aliphatic carbocycles. The first kappa shape index (κ1) is 15.4. The van der Waals surface area contributed by atoms with Gasteiger partial charge in [-0.25, -0.2) is 0 Å². The van der Waals surface area contributed by atoms with Crippen molar-refractivity contribution in [3.05, 3.63) is 42.0 Å². The average Bonchev–Trinajstić information content (AvgIpc) is 2.46. The second-order valence-electron chi connectivity index (χ2n) is 5.53. The molecule has 1 amide bonds. The molecule has 0 unspecified atom stereocenters. The van der Waals surface area contributed by atoms with E-state index >= 15 is 0 Å². The molecule has 0 fully saturated rings. The van der Waals surface area contributed by atoms with Crippen LogP contribution < -0.4 is 10.1 Å². The maximum atomic E-state index is 12.5. The summed E-state index contributed by atoms with van der Waals surface area (Å²) in [6.07, 6.45) is 0.973. The van der Waals surface area contributed by atoms with Crippen LogP contribution in [0.5, 0.6) is 5.75 Å². The molecule has 0 spiro atoms. The van der Waals surface area contributed by atoms with E-state index in [2.05, 4.69) is 19.2 Å². The molecule has 0 radical (unpaired) electrons. The van der Waals surface area contributed by atoms with Crippen molar-refractivity contribution in [2.75, 3.05) is 13.2 Å². The first-order chi connectivity index (χ1) is 10.1. The van der Waals surface area contributed by atoms with Crippen LogP contribution in [0.25, 0.3) is 10.8 Å². The van der Waals surface area contributed by atoms with Crippen molar-refractivity contribution in [1.82, 2.24) is 5.32 Å². The Bertz CT molecular complexity index is 620. The lowest BCUT2D eigenvalue weighted by molar-refractivity contribution is 0.0950. The molecule has 3 heteroatoms. The predicted molar refractivity (Wildman–Crippen MR) is 86.9 cm³/mol. The van der Waals surface area contributed by atoms with Gasteiger partial charge in [-0.2, -0.15) is 0 Å². The van der Waals surface area contributed by atoms with E-state index in [1.807, 2.05) is 43.3 Å². The van der Waals surface area contributed by atoms with Crippen molar-refractivity contribution in [1.29, 1.82) is 0 Å². The molecular formula is C18H23NO2. The standard InChI is InChI=1S/C18H23NO2/c1-4-21-16-10-9-14-7-5-6-8-15(14)17(16)18(20)19-12-11-13(2)3/h5-10,13H,4,11-12H2,1-3H3,(H,19,20). The fraction of sp³-hybridized carbons (Fsp3) is 0.389. The second kappa shape index (κ2) is 7.11. The van der Waals surface area contributed by atoms with Gasteiger partial charge in [-0.1, -0.05) is 44.2 Å². The highest BCUT2D eigenvalue weighted by Gasteiger charge is 2.16. The van der Waals surface area contributed by atoms with E-state index < -0.39 is 0 Å². The van der Waals surface area contributed by atoms with E-state index in [1.165, 1.54) is 0 Å². The van der Waals surface area contributed by atoms with E-state index in [0.717, 1.165) is 17.2 Å². The van der Waals surface area contributed by atoms with E-state index in [0.29, 0.717) is 30.4 Å². The Hall–Kier alpha value is -2.03. The lowest BCUT2D eigenvalue weighted by Gasteiger charge is -2.14. The van der Waals surface area contributed by atoms with Crippen molar-refractivity contribution in [3.63, 3.8) is 0 Å². The van der Waals surface area contributed by atoms with Gasteiger partial charge in [0.1, 0.15) is 5.75 Å². The molecule has 0 bridgehead atoms. The number of rotatable bonds is 6. The summed E-state index contributed by atoms with van der Waals surface area (Å²) < 4.78 is 5.63.